The van der Waals surface area contributed by atoms with E-state index < -0.39 is 139 Å². The zero-order chi connectivity index (χ0) is 46.3. The summed E-state index contributed by atoms with van der Waals surface area (Å²) in [6.45, 7) is 8.88. The van der Waals surface area contributed by atoms with E-state index in [-0.39, 0.29) is 19.3 Å². The highest BCUT2D eigenvalue weighted by Gasteiger charge is 2.79. The van der Waals surface area contributed by atoms with Crippen LogP contribution in [0.1, 0.15) is 99.3 Å². The molecule has 2 aliphatic rings. The lowest BCUT2D eigenvalue weighted by molar-refractivity contribution is -0.405. The average Bonchev–Trinajstić information content (AvgIpc) is 3.04. The van der Waals surface area contributed by atoms with Gasteiger partial charge in [0.1, 0.15) is 12.2 Å². The molecule has 0 aromatic rings. The molecule has 2 saturated carbocycles. The normalized spacial score (nSPS) is 24.1. The van der Waals surface area contributed by atoms with E-state index in [0.29, 0.717) is 6.42 Å². The van der Waals surface area contributed by atoms with Crippen molar-refractivity contribution in [1.82, 2.24) is 0 Å². The van der Waals surface area contributed by atoms with Crippen molar-refractivity contribution in [2.24, 2.45) is 28.6 Å². The first-order chi connectivity index (χ1) is 25.4. The van der Waals surface area contributed by atoms with Crippen LogP contribution in [0.3, 0.4) is 0 Å². The lowest BCUT2D eigenvalue weighted by Gasteiger charge is -2.48. The second-order valence-electron chi connectivity index (χ2n) is 15.8. The molecule has 2 fully saturated rings. The summed E-state index contributed by atoms with van der Waals surface area (Å²) < 4.78 is 247. The van der Waals surface area contributed by atoms with Gasteiger partial charge in [-0.1, -0.05) is 13.8 Å². The SMILES string of the molecule is CCC(C)(C)C(=O)OC1CC(C(O)(C(F)(F)F)C(F)(F)F)CC(C(O)(C(F)(F)F)C(F)(F)F)C1.CCC(C)(C)C(=O)OC1CCC(C(O)(C(F)(F)F)C(F)(F)F)CC1. The van der Waals surface area contributed by atoms with E-state index in [2.05, 4.69) is 0 Å². The number of hydrogen-bond donors (Lipinski definition) is 3. The molecule has 0 aliphatic heterocycles. The van der Waals surface area contributed by atoms with Gasteiger partial charge in [-0.15, -0.1) is 0 Å². The van der Waals surface area contributed by atoms with Gasteiger partial charge in [-0.3, -0.25) is 9.59 Å². The molecule has 0 bridgehead atoms. The molecule has 2 atom stereocenters. The lowest BCUT2D eigenvalue weighted by Crippen LogP contribution is -2.67. The third kappa shape index (κ3) is 10.7. The van der Waals surface area contributed by atoms with Gasteiger partial charge in [0.2, 0.25) is 0 Å². The summed E-state index contributed by atoms with van der Waals surface area (Å²) in [7, 11) is 0. The second-order valence-corrected chi connectivity index (χ2v) is 15.8. The molecular formula is C33H44F18O7. The quantitative estimate of drug-likeness (QED) is 0.156. The number of hydrogen-bond acceptors (Lipinski definition) is 7. The van der Waals surface area contributed by atoms with Crippen LogP contribution in [0.5, 0.6) is 0 Å². The molecule has 0 radical (unpaired) electrons. The minimum absolute atomic E-state index is 0.0184. The number of rotatable bonds is 9. The van der Waals surface area contributed by atoms with Gasteiger partial charge >= 0.3 is 49.0 Å². The summed E-state index contributed by atoms with van der Waals surface area (Å²) in [6.07, 6.45) is -47.2. The molecule has 0 saturated heterocycles. The van der Waals surface area contributed by atoms with Crippen molar-refractivity contribution in [2.75, 3.05) is 0 Å². The Morgan fingerprint density at radius 3 is 0.914 bits per heavy atom. The zero-order valence-electron chi connectivity index (χ0n) is 31.5. The average molecular weight is 895 g/mol. The van der Waals surface area contributed by atoms with E-state index in [4.69, 9.17) is 9.47 Å². The Balaban J connectivity index is 0.000000616. The third-order valence-electron chi connectivity index (χ3n) is 11.1. The number of aliphatic hydroxyl groups is 3. The highest BCUT2D eigenvalue weighted by molar-refractivity contribution is 5.76. The maximum Gasteiger partial charge on any atom is 0.426 e. The second kappa shape index (κ2) is 17.1. The molecule has 3 N–H and O–H groups in total. The monoisotopic (exact) mass is 894 g/mol. The van der Waals surface area contributed by atoms with Crippen LogP contribution in [0.2, 0.25) is 0 Å². The van der Waals surface area contributed by atoms with E-state index in [1.165, 1.54) is 20.8 Å². The van der Waals surface area contributed by atoms with Crippen LogP contribution in [0.4, 0.5) is 79.0 Å². The van der Waals surface area contributed by atoms with E-state index in [1.54, 1.807) is 20.8 Å². The third-order valence-corrected chi connectivity index (χ3v) is 11.1. The van der Waals surface area contributed by atoms with Crippen molar-refractivity contribution >= 4 is 11.9 Å². The maximum atomic E-state index is 13.3. The topological polar surface area (TPSA) is 113 Å². The standard InChI is InChI=1S/C18H22F12O4.C15H22F6O3/c1-4-12(2,3)11(31)34-10-6-8(13(32,15(19,20)21)16(22,23)24)5-9(7-10)14(33,17(25,26)27)18(28,29)30;1-4-12(2,3)11(22)24-10-7-5-9(6-8-10)13(23,14(16,17)18)15(19,20)21/h8-10,32-33H,4-7H2,1-3H3;9-10,23H,4-8H2,1-3H3. The van der Waals surface area contributed by atoms with Gasteiger partial charge in [0, 0.05) is 17.8 Å². The molecule has 0 amide bonds. The molecule has 2 aliphatic carbocycles. The summed E-state index contributed by atoms with van der Waals surface area (Å²) in [5.74, 6) is -10.6. The number of ether oxygens (including phenoxy) is 2. The van der Waals surface area contributed by atoms with E-state index >= 15 is 0 Å². The van der Waals surface area contributed by atoms with Gasteiger partial charge in [-0.05, 0) is 85.5 Å². The Morgan fingerprint density at radius 1 is 0.431 bits per heavy atom. The van der Waals surface area contributed by atoms with Crippen LogP contribution in [-0.4, -0.2) is 93.3 Å². The summed E-state index contributed by atoms with van der Waals surface area (Å²) in [5.41, 5.74) is -18.5. The molecule has 0 spiro atoms. The van der Waals surface area contributed by atoms with Crippen molar-refractivity contribution in [1.29, 1.82) is 0 Å². The van der Waals surface area contributed by atoms with Gasteiger partial charge in [0.25, 0.3) is 16.8 Å². The van der Waals surface area contributed by atoms with Crippen molar-refractivity contribution in [3.05, 3.63) is 0 Å². The van der Waals surface area contributed by atoms with Gasteiger partial charge in [-0.2, -0.15) is 79.0 Å². The summed E-state index contributed by atoms with van der Waals surface area (Å²) in [5, 5.41) is 28.6. The van der Waals surface area contributed by atoms with Gasteiger partial charge in [0.15, 0.2) is 0 Å². The Hall–Kier alpha value is -2.44. The molecule has 7 nitrogen and oxygen atoms in total. The van der Waals surface area contributed by atoms with Crippen LogP contribution in [0, 0.1) is 28.6 Å². The van der Waals surface area contributed by atoms with Gasteiger partial charge in [-0.25, -0.2) is 0 Å². The molecule has 0 aromatic heterocycles. The maximum absolute atomic E-state index is 13.3. The molecule has 58 heavy (non-hydrogen) atoms. The predicted molar refractivity (Wildman–Crippen MR) is 162 cm³/mol. The van der Waals surface area contributed by atoms with Crippen LogP contribution in [-0.2, 0) is 19.1 Å². The minimum Gasteiger partial charge on any atom is -0.462 e. The summed E-state index contributed by atoms with van der Waals surface area (Å²) in [6, 6.07) is 0. The first-order valence-corrected chi connectivity index (χ1v) is 17.4. The Morgan fingerprint density at radius 2 is 0.672 bits per heavy atom. The molecule has 0 aromatic carbocycles. The number of esters is 2. The lowest BCUT2D eigenvalue weighted by atomic mass is 9.65. The Labute approximate surface area is 319 Å². The molecule has 2 rings (SSSR count). The van der Waals surface area contributed by atoms with Crippen molar-refractivity contribution in [2.45, 2.75) is 165 Å². The highest BCUT2D eigenvalue weighted by Crippen LogP contribution is 2.58. The predicted octanol–water partition coefficient (Wildman–Crippen LogP) is 9.84. The van der Waals surface area contributed by atoms with Crippen LogP contribution >= 0.6 is 0 Å². The first-order valence-electron chi connectivity index (χ1n) is 17.4. The fourth-order valence-electron chi connectivity index (χ4n) is 6.43. The van der Waals surface area contributed by atoms with E-state index in [1.807, 2.05) is 0 Å². The largest absolute Gasteiger partial charge is 0.462 e. The molecule has 25 heteroatoms. The van der Waals surface area contributed by atoms with Crippen molar-refractivity contribution in [3.63, 3.8) is 0 Å². The van der Waals surface area contributed by atoms with Crippen LogP contribution in [0.15, 0.2) is 0 Å². The van der Waals surface area contributed by atoms with E-state index in [0.717, 1.165) is 0 Å². The summed E-state index contributed by atoms with van der Waals surface area (Å²) in [4.78, 5) is 24.2. The van der Waals surface area contributed by atoms with Crippen LogP contribution < -0.4 is 0 Å². The van der Waals surface area contributed by atoms with Crippen molar-refractivity contribution in [3.8, 4) is 0 Å². The number of halogens is 18. The number of carbonyl (C=O) groups excluding carboxylic acids is 2. The number of alkyl halides is 18. The summed E-state index contributed by atoms with van der Waals surface area (Å²) >= 11 is 0. The molecule has 0 heterocycles. The number of carbonyl (C=O) groups is 2. The fourth-order valence-corrected chi connectivity index (χ4v) is 6.43. The smallest absolute Gasteiger partial charge is 0.426 e. The van der Waals surface area contributed by atoms with E-state index in [9.17, 15) is 104 Å². The van der Waals surface area contributed by atoms with Gasteiger partial charge < -0.3 is 24.8 Å². The molecule has 2 unspecified atom stereocenters. The Bertz CT molecular complexity index is 1300. The molecular weight excluding hydrogens is 850 g/mol. The van der Waals surface area contributed by atoms with Crippen LogP contribution in [0.25, 0.3) is 0 Å². The van der Waals surface area contributed by atoms with Gasteiger partial charge in [0.05, 0.1) is 10.8 Å². The molecule has 344 valence electrons. The zero-order valence-corrected chi connectivity index (χ0v) is 31.5. The van der Waals surface area contributed by atoms with Crippen molar-refractivity contribution < 1.29 is 113 Å². The Kier molecular flexibility index (Phi) is 15.8. The minimum atomic E-state index is -6.58. The highest BCUT2D eigenvalue weighted by atomic mass is 19.4. The first kappa shape index (κ1) is 53.6. The fraction of sp³-hybridized carbons (Fsp3) is 0.939.